The number of hydrogen-bond donors (Lipinski definition) is 1. The minimum absolute atomic E-state index is 0.00753. The number of anilines is 2. The predicted octanol–water partition coefficient (Wildman–Crippen LogP) is 5.19. The Morgan fingerprint density at radius 2 is 1.85 bits per heavy atom. The van der Waals surface area contributed by atoms with Gasteiger partial charge in [0, 0.05) is 38.4 Å². The Labute approximate surface area is 199 Å². The molecule has 4 aromatic rings. The van der Waals surface area contributed by atoms with Crippen LogP contribution in [0.5, 0.6) is 0 Å². The lowest BCUT2D eigenvalue weighted by molar-refractivity contribution is 0.0633. The van der Waals surface area contributed by atoms with E-state index in [2.05, 4.69) is 32.3 Å². The van der Waals surface area contributed by atoms with Gasteiger partial charge in [-0.05, 0) is 29.8 Å². The number of rotatable bonds is 5. The summed E-state index contributed by atoms with van der Waals surface area (Å²) in [4.78, 5) is 27.4. The van der Waals surface area contributed by atoms with Crippen molar-refractivity contribution in [1.29, 1.82) is 0 Å². The highest BCUT2D eigenvalue weighted by Gasteiger charge is 2.24. The number of benzene rings is 2. The number of carbonyl (C=O) groups excluding carboxylic acids is 1. The molecule has 1 N–H and O–H groups in total. The molecule has 2 aromatic carbocycles. The van der Waals surface area contributed by atoms with E-state index in [1.165, 1.54) is 35.4 Å². The number of carbonyl (C=O) groups is 1. The average Bonchev–Trinajstić information content (AvgIpc) is 3.28. The molecule has 1 amide bonds. The van der Waals surface area contributed by atoms with Crippen LogP contribution in [-0.2, 0) is 6.54 Å². The maximum Gasteiger partial charge on any atom is 0.264 e. The zero-order valence-electron chi connectivity index (χ0n) is 17.7. The predicted molar refractivity (Wildman–Crippen MR) is 130 cm³/mol. The highest BCUT2D eigenvalue weighted by Crippen LogP contribution is 2.31. The number of nitrogens with one attached hydrogen (secondary N) is 1. The zero-order valence-corrected chi connectivity index (χ0v) is 19.2. The molecule has 1 aliphatic rings. The van der Waals surface area contributed by atoms with E-state index in [0.717, 1.165) is 25.0 Å². The molecule has 9 heteroatoms. The number of fused-ring (bicyclic) bond motifs is 1. The van der Waals surface area contributed by atoms with Crippen molar-refractivity contribution >= 4 is 50.6 Å². The van der Waals surface area contributed by atoms with Crippen molar-refractivity contribution in [3.05, 3.63) is 82.2 Å². The van der Waals surface area contributed by atoms with Gasteiger partial charge in [0.1, 0.15) is 22.8 Å². The SMILES string of the molecule is O=C(c1cc2c(Nc3ccc(F)c(Cl)c3)ncnc2s1)N1CCN(Cc2ccccc2)CC1. The number of piperazine rings is 1. The first-order chi connectivity index (χ1) is 16.1. The summed E-state index contributed by atoms with van der Waals surface area (Å²) in [5.41, 5.74) is 1.89. The highest BCUT2D eigenvalue weighted by molar-refractivity contribution is 7.20. The quantitative estimate of drug-likeness (QED) is 0.425. The Morgan fingerprint density at radius 3 is 2.61 bits per heavy atom. The van der Waals surface area contributed by atoms with E-state index < -0.39 is 5.82 Å². The summed E-state index contributed by atoms with van der Waals surface area (Å²) in [6.45, 7) is 3.94. The molecule has 6 nitrogen and oxygen atoms in total. The fourth-order valence-electron chi connectivity index (χ4n) is 3.88. The van der Waals surface area contributed by atoms with Crippen LogP contribution in [-0.4, -0.2) is 51.9 Å². The van der Waals surface area contributed by atoms with E-state index in [1.807, 2.05) is 29.2 Å². The highest BCUT2D eigenvalue weighted by atomic mass is 35.5. The number of hydrogen-bond acceptors (Lipinski definition) is 6. The third-order valence-corrected chi connectivity index (χ3v) is 6.95. The van der Waals surface area contributed by atoms with Gasteiger partial charge in [0.05, 0.1) is 15.3 Å². The molecule has 0 unspecified atom stereocenters. The van der Waals surface area contributed by atoms with Crippen LogP contribution in [0.2, 0.25) is 5.02 Å². The van der Waals surface area contributed by atoms with E-state index in [9.17, 15) is 9.18 Å². The van der Waals surface area contributed by atoms with Crippen LogP contribution in [0.3, 0.4) is 0 Å². The normalized spacial score (nSPS) is 14.5. The fourth-order valence-corrected chi connectivity index (χ4v) is 5.03. The molecular weight excluding hydrogens is 461 g/mol. The largest absolute Gasteiger partial charge is 0.340 e. The molecule has 0 bridgehead atoms. The minimum atomic E-state index is -0.484. The molecule has 0 saturated carbocycles. The van der Waals surface area contributed by atoms with Crippen LogP contribution >= 0.6 is 22.9 Å². The zero-order chi connectivity index (χ0) is 22.8. The lowest BCUT2D eigenvalue weighted by Crippen LogP contribution is -2.48. The van der Waals surface area contributed by atoms with Gasteiger partial charge in [-0.2, -0.15) is 0 Å². The summed E-state index contributed by atoms with van der Waals surface area (Å²) in [7, 11) is 0. The molecule has 1 aliphatic heterocycles. The van der Waals surface area contributed by atoms with Gasteiger partial charge in [-0.3, -0.25) is 9.69 Å². The maximum absolute atomic E-state index is 13.5. The lowest BCUT2D eigenvalue weighted by atomic mass is 10.2. The van der Waals surface area contributed by atoms with Crippen molar-refractivity contribution < 1.29 is 9.18 Å². The number of thiophene rings is 1. The van der Waals surface area contributed by atoms with Gasteiger partial charge < -0.3 is 10.2 Å². The molecule has 0 atom stereocenters. The van der Waals surface area contributed by atoms with Crippen LogP contribution in [0.1, 0.15) is 15.2 Å². The average molecular weight is 482 g/mol. The van der Waals surface area contributed by atoms with Crippen molar-refractivity contribution in [1.82, 2.24) is 19.8 Å². The summed E-state index contributed by atoms with van der Waals surface area (Å²) in [5, 5.41) is 3.92. The standard InChI is InChI=1S/C24H21ClFN5OS/c25-19-12-17(6-7-20(19)26)29-22-18-13-21(33-23(18)28-15-27-22)24(32)31-10-8-30(9-11-31)14-16-4-2-1-3-5-16/h1-7,12-13,15H,8-11,14H2,(H,27,28,29). The third-order valence-electron chi connectivity index (χ3n) is 5.63. The van der Waals surface area contributed by atoms with Crippen LogP contribution in [0.15, 0.2) is 60.9 Å². The molecule has 0 radical (unpaired) electrons. The monoisotopic (exact) mass is 481 g/mol. The molecule has 3 heterocycles. The van der Waals surface area contributed by atoms with Gasteiger partial charge in [0.15, 0.2) is 0 Å². The van der Waals surface area contributed by atoms with E-state index in [-0.39, 0.29) is 10.9 Å². The van der Waals surface area contributed by atoms with Crippen molar-refractivity contribution in [2.24, 2.45) is 0 Å². The van der Waals surface area contributed by atoms with Gasteiger partial charge in [-0.15, -0.1) is 11.3 Å². The Balaban J connectivity index is 1.28. The molecule has 0 aliphatic carbocycles. The fraction of sp³-hybridized carbons (Fsp3) is 0.208. The summed E-state index contributed by atoms with van der Waals surface area (Å²) in [5.74, 6) is 0.0705. The van der Waals surface area contributed by atoms with Crippen LogP contribution in [0.25, 0.3) is 10.2 Å². The first-order valence-corrected chi connectivity index (χ1v) is 11.8. The van der Waals surface area contributed by atoms with E-state index in [1.54, 1.807) is 6.07 Å². The van der Waals surface area contributed by atoms with Crippen molar-refractivity contribution in [3.8, 4) is 0 Å². The topological polar surface area (TPSA) is 61.4 Å². The van der Waals surface area contributed by atoms with Gasteiger partial charge >= 0.3 is 0 Å². The summed E-state index contributed by atoms with van der Waals surface area (Å²) in [6.07, 6.45) is 1.45. The van der Waals surface area contributed by atoms with Gasteiger partial charge in [-0.25, -0.2) is 14.4 Å². The molecule has 5 rings (SSSR count). The molecule has 1 fully saturated rings. The second-order valence-electron chi connectivity index (χ2n) is 7.86. The van der Waals surface area contributed by atoms with Crippen LogP contribution in [0.4, 0.5) is 15.9 Å². The van der Waals surface area contributed by atoms with Gasteiger partial charge in [-0.1, -0.05) is 41.9 Å². The van der Waals surface area contributed by atoms with Crippen molar-refractivity contribution in [3.63, 3.8) is 0 Å². The summed E-state index contributed by atoms with van der Waals surface area (Å²) >= 11 is 7.24. The summed E-state index contributed by atoms with van der Waals surface area (Å²) in [6, 6.07) is 16.6. The lowest BCUT2D eigenvalue weighted by Gasteiger charge is -2.34. The summed E-state index contributed by atoms with van der Waals surface area (Å²) < 4.78 is 13.5. The maximum atomic E-state index is 13.5. The Hall–Kier alpha value is -3.07. The molecule has 2 aromatic heterocycles. The van der Waals surface area contributed by atoms with Gasteiger partial charge in [0.2, 0.25) is 0 Å². The van der Waals surface area contributed by atoms with Crippen molar-refractivity contribution in [2.45, 2.75) is 6.54 Å². The van der Waals surface area contributed by atoms with Crippen molar-refractivity contribution in [2.75, 3.05) is 31.5 Å². The Kier molecular flexibility index (Phi) is 6.22. The van der Waals surface area contributed by atoms with E-state index >= 15 is 0 Å². The molecular formula is C24H21ClFN5OS. The van der Waals surface area contributed by atoms with Gasteiger partial charge in [0.25, 0.3) is 5.91 Å². The van der Waals surface area contributed by atoms with E-state index in [0.29, 0.717) is 34.3 Å². The number of halogens is 2. The third kappa shape index (κ3) is 4.83. The van der Waals surface area contributed by atoms with Crippen LogP contribution in [0, 0.1) is 5.82 Å². The molecule has 1 saturated heterocycles. The van der Waals surface area contributed by atoms with E-state index in [4.69, 9.17) is 11.6 Å². The van der Waals surface area contributed by atoms with Crippen LogP contribution < -0.4 is 5.32 Å². The Morgan fingerprint density at radius 1 is 1.06 bits per heavy atom. The first kappa shape index (κ1) is 21.8. The number of nitrogens with zero attached hydrogens (tertiary/aromatic N) is 4. The molecule has 0 spiro atoms. The number of amides is 1. The second-order valence-corrected chi connectivity index (χ2v) is 9.30. The molecule has 33 heavy (non-hydrogen) atoms. The Bertz CT molecular complexity index is 1290. The second kappa shape index (κ2) is 9.43. The molecule has 168 valence electrons. The number of aromatic nitrogens is 2. The smallest absolute Gasteiger partial charge is 0.264 e. The first-order valence-electron chi connectivity index (χ1n) is 10.6. The minimum Gasteiger partial charge on any atom is -0.340 e.